The molecule has 0 aliphatic heterocycles. The van der Waals surface area contributed by atoms with Crippen molar-refractivity contribution in [3.05, 3.63) is 59.2 Å². The van der Waals surface area contributed by atoms with Gasteiger partial charge in [-0.1, -0.05) is 18.2 Å². The van der Waals surface area contributed by atoms with E-state index in [0.29, 0.717) is 28.1 Å². The quantitative estimate of drug-likeness (QED) is 0.809. The minimum Gasteiger partial charge on any atom is -0.496 e. The van der Waals surface area contributed by atoms with Crippen LogP contribution in [0.1, 0.15) is 42.3 Å². The minimum absolute atomic E-state index is 0.0775. The van der Waals surface area contributed by atoms with Gasteiger partial charge < -0.3 is 15.4 Å². The molecule has 0 aromatic heterocycles. The van der Waals surface area contributed by atoms with Gasteiger partial charge in [0.15, 0.2) is 0 Å². The lowest BCUT2D eigenvalue weighted by Gasteiger charge is -2.20. The fourth-order valence-corrected chi connectivity index (χ4v) is 2.55. The van der Waals surface area contributed by atoms with E-state index in [2.05, 4.69) is 10.6 Å². The summed E-state index contributed by atoms with van der Waals surface area (Å²) in [6.45, 7) is 5.11. The highest BCUT2D eigenvalue weighted by atomic mass is 19.1. The molecule has 0 saturated heterocycles. The zero-order valence-electron chi connectivity index (χ0n) is 16.1. The molecular formula is C21H25FN2O3. The van der Waals surface area contributed by atoms with Crippen molar-refractivity contribution in [1.82, 2.24) is 5.32 Å². The molecule has 2 aromatic rings. The molecular weight excluding hydrogens is 347 g/mol. The molecule has 2 aromatic carbocycles. The highest BCUT2D eigenvalue weighted by Gasteiger charge is 2.16. The first-order valence-corrected chi connectivity index (χ1v) is 8.66. The number of rotatable bonds is 6. The van der Waals surface area contributed by atoms with Crippen LogP contribution in [0.5, 0.6) is 5.75 Å². The van der Waals surface area contributed by atoms with Gasteiger partial charge in [0.25, 0.3) is 5.91 Å². The number of methoxy groups -OCH3 is 1. The molecule has 0 aliphatic carbocycles. The number of benzene rings is 2. The fourth-order valence-electron chi connectivity index (χ4n) is 2.55. The number of anilines is 1. The first-order chi connectivity index (χ1) is 12.7. The van der Waals surface area contributed by atoms with E-state index in [4.69, 9.17) is 4.74 Å². The molecule has 2 rings (SSSR count). The lowest BCUT2D eigenvalue weighted by atomic mass is 10.1. The van der Waals surface area contributed by atoms with Crippen LogP contribution < -0.4 is 15.4 Å². The summed E-state index contributed by atoms with van der Waals surface area (Å²) in [5.41, 5.74) is 1.80. The molecule has 5 nitrogen and oxygen atoms in total. The van der Waals surface area contributed by atoms with Gasteiger partial charge in [-0.2, -0.15) is 0 Å². The van der Waals surface area contributed by atoms with E-state index < -0.39 is 6.67 Å². The van der Waals surface area contributed by atoms with Crippen molar-refractivity contribution in [3.63, 3.8) is 0 Å². The average Bonchev–Trinajstić information content (AvgIpc) is 2.60. The molecule has 0 saturated carbocycles. The molecule has 0 spiro atoms. The Labute approximate surface area is 158 Å². The van der Waals surface area contributed by atoms with E-state index in [1.807, 2.05) is 20.8 Å². The Kier molecular flexibility index (Phi) is 6.55. The van der Waals surface area contributed by atoms with Crippen molar-refractivity contribution in [3.8, 4) is 5.75 Å². The number of nitrogens with one attached hydrogen (secondary N) is 2. The maximum Gasteiger partial charge on any atom is 0.251 e. The van der Waals surface area contributed by atoms with E-state index in [0.717, 1.165) is 0 Å². The molecule has 0 unspecified atom stereocenters. The van der Waals surface area contributed by atoms with E-state index in [-0.39, 0.29) is 23.8 Å². The Morgan fingerprint density at radius 2 is 1.85 bits per heavy atom. The van der Waals surface area contributed by atoms with Crippen molar-refractivity contribution in [2.24, 2.45) is 0 Å². The van der Waals surface area contributed by atoms with Crippen LogP contribution in [0.25, 0.3) is 0 Å². The lowest BCUT2D eigenvalue weighted by molar-refractivity contribution is -0.115. The summed E-state index contributed by atoms with van der Waals surface area (Å²) in [6, 6.07) is 11.6. The molecule has 0 fully saturated rings. The highest BCUT2D eigenvalue weighted by Crippen LogP contribution is 2.22. The minimum atomic E-state index is -0.591. The molecule has 6 heteroatoms. The van der Waals surface area contributed by atoms with Crippen LogP contribution in [0.4, 0.5) is 10.1 Å². The molecule has 0 aliphatic rings. The van der Waals surface area contributed by atoms with Crippen LogP contribution in [0.2, 0.25) is 0 Å². The van der Waals surface area contributed by atoms with Crippen molar-refractivity contribution < 1.29 is 18.7 Å². The largest absolute Gasteiger partial charge is 0.496 e. The van der Waals surface area contributed by atoms with Crippen molar-refractivity contribution in [2.75, 3.05) is 12.4 Å². The Balaban J connectivity index is 2.08. The maximum atomic E-state index is 12.8. The third kappa shape index (κ3) is 6.09. The van der Waals surface area contributed by atoms with E-state index in [9.17, 15) is 14.0 Å². The van der Waals surface area contributed by atoms with Crippen LogP contribution in [0.3, 0.4) is 0 Å². The zero-order chi connectivity index (χ0) is 20.0. The number of carbonyl (C=O) groups is 2. The van der Waals surface area contributed by atoms with Gasteiger partial charge in [-0.25, -0.2) is 4.39 Å². The van der Waals surface area contributed by atoms with E-state index in [1.165, 1.54) is 7.11 Å². The van der Waals surface area contributed by atoms with Gasteiger partial charge in [0.2, 0.25) is 5.91 Å². The van der Waals surface area contributed by atoms with E-state index >= 15 is 0 Å². The van der Waals surface area contributed by atoms with Crippen LogP contribution >= 0.6 is 0 Å². The second kappa shape index (κ2) is 8.66. The smallest absolute Gasteiger partial charge is 0.251 e. The number of hydrogen-bond acceptors (Lipinski definition) is 3. The van der Waals surface area contributed by atoms with Gasteiger partial charge >= 0.3 is 0 Å². The van der Waals surface area contributed by atoms with Crippen molar-refractivity contribution >= 4 is 17.5 Å². The predicted molar refractivity (Wildman–Crippen MR) is 104 cm³/mol. The van der Waals surface area contributed by atoms with E-state index in [1.54, 1.807) is 42.5 Å². The number of alkyl halides is 1. The topological polar surface area (TPSA) is 67.4 Å². The number of hydrogen-bond donors (Lipinski definition) is 2. The van der Waals surface area contributed by atoms with Crippen LogP contribution in [0, 0.1) is 0 Å². The third-order valence-corrected chi connectivity index (χ3v) is 3.75. The Bertz CT molecular complexity index is 828. The Morgan fingerprint density at radius 1 is 1.11 bits per heavy atom. The number of amides is 2. The lowest BCUT2D eigenvalue weighted by Crippen LogP contribution is -2.40. The van der Waals surface area contributed by atoms with Crippen molar-refractivity contribution in [2.45, 2.75) is 39.4 Å². The normalized spacial score (nSPS) is 11.0. The van der Waals surface area contributed by atoms with Gasteiger partial charge in [-0.3, -0.25) is 9.59 Å². The summed E-state index contributed by atoms with van der Waals surface area (Å²) >= 11 is 0. The summed E-state index contributed by atoms with van der Waals surface area (Å²) < 4.78 is 18.0. The summed E-state index contributed by atoms with van der Waals surface area (Å²) in [5.74, 6) is 0.00960. The van der Waals surface area contributed by atoms with Gasteiger partial charge in [0.1, 0.15) is 12.4 Å². The van der Waals surface area contributed by atoms with Crippen LogP contribution in [-0.2, 0) is 17.9 Å². The molecule has 0 atom stereocenters. The predicted octanol–water partition coefficient (Wildman–Crippen LogP) is 3.87. The first-order valence-electron chi connectivity index (χ1n) is 8.66. The van der Waals surface area contributed by atoms with Gasteiger partial charge in [-0.15, -0.1) is 0 Å². The molecule has 144 valence electrons. The summed E-state index contributed by atoms with van der Waals surface area (Å²) in [4.78, 5) is 24.6. The van der Waals surface area contributed by atoms with Crippen LogP contribution in [-0.4, -0.2) is 24.5 Å². The number of ether oxygens (including phenoxy) is 1. The highest BCUT2D eigenvalue weighted by molar-refractivity contribution is 5.98. The SMILES string of the molecule is COc1cc(CF)ccc1CC(=O)Nc1cccc(C(=O)NC(C)(C)C)c1. The number of carbonyl (C=O) groups excluding carboxylic acids is 2. The third-order valence-electron chi connectivity index (χ3n) is 3.75. The van der Waals surface area contributed by atoms with Gasteiger partial charge in [0.05, 0.1) is 13.5 Å². The molecule has 0 radical (unpaired) electrons. The second-order valence-corrected chi connectivity index (χ2v) is 7.29. The number of halogens is 1. The molecule has 0 heterocycles. The monoisotopic (exact) mass is 372 g/mol. The maximum absolute atomic E-state index is 12.8. The first kappa shape index (κ1) is 20.4. The molecule has 2 N–H and O–H groups in total. The molecule has 2 amide bonds. The Hall–Kier alpha value is -2.89. The summed E-state index contributed by atoms with van der Waals surface area (Å²) in [5, 5.41) is 5.66. The van der Waals surface area contributed by atoms with Gasteiger partial charge in [-0.05, 0) is 50.6 Å². The summed E-state index contributed by atoms with van der Waals surface area (Å²) in [7, 11) is 1.48. The summed E-state index contributed by atoms with van der Waals surface area (Å²) in [6.07, 6.45) is 0.0775. The zero-order valence-corrected chi connectivity index (χ0v) is 16.1. The molecule has 0 bridgehead atoms. The second-order valence-electron chi connectivity index (χ2n) is 7.29. The standard InChI is InChI=1S/C21H25FN2O3/c1-21(2,3)24-20(26)16-6-5-7-17(11-16)23-19(25)12-15-9-8-14(13-22)10-18(15)27-4/h5-11H,12-13H2,1-4H3,(H,23,25)(H,24,26). The molecule has 27 heavy (non-hydrogen) atoms. The van der Waals surface area contributed by atoms with Crippen molar-refractivity contribution in [1.29, 1.82) is 0 Å². The fraction of sp³-hybridized carbons (Fsp3) is 0.333. The van der Waals surface area contributed by atoms with Crippen LogP contribution in [0.15, 0.2) is 42.5 Å². The Morgan fingerprint density at radius 3 is 2.48 bits per heavy atom. The van der Waals surface area contributed by atoms with Gasteiger partial charge in [0, 0.05) is 22.4 Å². The average molecular weight is 372 g/mol.